The van der Waals surface area contributed by atoms with E-state index < -0.39 is 11.7 Å². The predicted molar refractivity (Wildman–Crippen MR) is 47.2 cm³/mol. The van der Waals surface area contributed by atoms with Crippen LogP contribution in [0.25, 0.3) is 0 Å². The van der Waals surface area contributed by atoms with E-state index in [2.05, 4.69) is 11.9 Å². The number of allylic oxidation sites excluding steroid dienone is 4. The van der Waals surface area contributed by atoms with Gasteiger partial charge in [-0.1, -0.05) is 18.2 Å². The Labute approximate surface area is 75.6 Å². The van der Waals surface area contributed by atoms with Gasteiger partial charge in [0.2, 0.25) is 0 Å². The first-order valence-electron chi connectivity index (χ1n) is 3.66. The fraction of sp³-hybridized carbons (Fsp3) is 0.333. The molecule has 0 aromatic rings. The number of alkyl halides is 3. The van der Waals surface area contributed by atoms with Crippen molar-refractivity contribution in [2.75, 3.05) is 7.05 Å². The predicted octanol–water partition coefficient (Wildman–Crippen LogP) is 2.78. The molecular weight excluding hydrogens is 179 g/mol. The number of rotatable bonds is 3. The Bertz CT molecular complexity index is 236. The first kappa shape index (κ1) is 11.8. The van der Waals surface area contributed by atoms with Crippen molar-refractivity contribution in [3.8, 4) is 0 Å². The van der Waals surface area contributed by atoms with Gasteiger partial charge in [-0.05, 0) is 13.0 Å². The van der Waals surface area contributed by atoms with E-state index in [0.29, 0.717) is 5.57 Å². The second-order valence-corrected chi connectivity index (χ2v) is 2.57. The summed E-state index contributed by atoms with van der Waals surface area (Å²) in [6.45, 7) is 5.10. The summed E-state index contributed by atoms with van der Waals surface area (Å²) in [6.07, 6.45) is -1.12. The molecule has 1 N–H and O–H groups in total. The van der Waals surface area contributed by atoms with Crippen LogP contribution in [-0.4, -0.2) is 13.2 Å². The van der Waals surface area contributed by atoms with Gasteiger partial charge in [0.05, 0.1) is 5.57 Å². The molecule has 0 spiro atoms. The molecule has 0 unspecified atom stereocenters. The van der Waals surface area contributed by atoms with E-state index in [9.17, 15) is 13.2 Å². The SMILES string of the molecule is C=C(C)/C=C\C(=C/NC)C(F)(F)F. The minimum atomic E-state index is -4.32. The Kier molecular flexibility index (Phi) is 4.31. The van der Waals surface area contributed by atoms with Crippen LogP contribution in [0, 0.1) is 0 Å². The second kappa shape index (κ2) is 4.74. The van der Waals surface area contributed by atoms with Crippen LogP contribution in [0.15, 0.2) is 36.1 Å². The molecule has 0 saturated carbocycles. The molecule has 0 heterocycles. The van der Waals surface area contributed by atoms with Gasteiger partial charge in [-0.15, -0.1) is 0 Å². The van der Waals surface area contributed by atoms with Crippen molar-refractivity contribution in [1.29, 1.82) is 0 Å². The Morgan fingerprint density at radius 2 is 1.85 bits per heavy atom. The lowest BCUT2D eigenvalue weighted by molar-refractivity contribution is -0.0885. The molecule has 0 aliphatic carbocycles. The van der Waals surface area contributed by atoms with E-state index in [1.54, 1.807) is 6.92 Å². The van der Waals surface area contributed by atoms with Gasteiger partial charge >= 0.3 is 6.18 Å². The van der Waals surface area contributed by atoms with Gasteiger partial charge in [0, 0.05) is 13.2 Å². The van der Waals surface area contributed by atoms with Crippen molar-refractivity contribution in [3.63, 3.8) is 0 Å². The number of hydrogen-bond donors (Lipinski definition) is 1. The summed E-state index contributed by atoms with van der Waals surface area (Å²) in [5.74, 6) is 0. The standard InChI is InChI=1S/C9H12F3N/c1-7(2)4-5-8(6-13-3)9(10,11)12/h4-6,13H,1H2,2-3H3/b5-4-,8-6+. The van der Waals surface area contributed by atoms with Gasteiger partial charge in [-0.2, -0.15) is 13.2 Å². The van der Waals surface area contributed by atoms with E-state index in [-0.39, 0.29) is 0 Å². The van der Waals surface area contributed by atoms with Gasteiger partial charge in [-0.25, -0.2) is 0 Å². The number of hydrogen-bond acceptors (Lipinski definition) is 1. The molecule has 0 amide bonds. The van der Waals surface area contributed by atoms with Gasteiger partial charge in [0.15, 0.2) is 0 Å². The van der Waals surface area contributed by atoms with E-state index in [0.717, 1.165) is 12.3 Å². The van der Waals surface area contributed by atoms with Crippen LogP contribution >= 0.6 is 0 Å². The van der Waals surface area contributed by atoms with E-state index in [1.165, 1.54) is 13.1 Å². The highest BCUT2D eigenvalue weighted by Gasteiger charge is 2.31. The monoisotopic (exact) mass is 191 g/mol. The maximum absolute atomic E-state index is 12.2. The second-order valence-electron chi connectivity index (χ2n) is 2.57. The molecule has 1 nitrogen and oxygen atoms in total. The van der Waals surface area contributed by atoms with Gasteiger partial charge in [-0.3, -0.25) is 0 Å². The van der Waals surface area contributed by atoms with E-state index in [4.69, 9.17) is 0 Å². The van der Waals surface area contributed by atoms with Crippen LogP contribution in [0.3, 0.4) is 0 Å². The largest absolute Gasteiger partial charge is 0.417 e. The van der Waals surface area contributed by atoms with Crippen molar-refractivity contribution in [2.45, 2.75) is 13.1 Å². The lowest BCUT2D eigenvalue weighted by Crippen LogP contribution is -2.12. The fourth-order valence-corrected chi connectivity index (χ4v) is 0.612. The van der Waals surface area contributed by atoms with E-state index in [1.807, 2.05) is 0 Å². The van der Waals surface area contributed by atoms with Crippen LogP contribution in [-0.2, 0) is 0 Å². The third kappa shape index (κ3) is 5.11. The molecule has 13 heavy (non-hydrogen) atoms. The molecule has 0 fully saturated rings. The number of halogens is 3. The minimum Gasteiger partial charge on any atom is -0.393 e. The number of nitrogens with one attached hydrogen (secondary N) is 1. The lowest BCUT2D eigenvalue weighted by Gasteiger charge is -2.06. The summed E-state index contributed by atoms with van der Waals surface area (Å²) in [4.78, 5) is 0. The highest BCUT2D eigenvalue weighted by atomic mass is 19.4. The highest BCUT2D eigenvalue weighted by Crippen LogP contribution is 2.26. The average molecular weight is 191 g/mol. The molecule has 4 heteroatoms. The quantitative estimate of drug-likeness (QED) is 0.676. The molecule has 0 atom stereocenters. The Morgan fingerprint density at radius 1 is 1.31 bits per heavy atom. The van der Waals surface area contributed by atoms with Gasteiger partial charge < -0.3 is 5.32 Å². The molecular formula is C9H12F3N. The summed E-state index contributed by atoms with van der Waals surface area (Å²) in [5, 5.41) is 2.34. The van der Waals surface area contributed by atoms with Crippen molar-refractivity contribution in [1.82, 2.24) is 5.32 Å². The van der Waals surface area contributed by atoms with Crippen molar-refractivity contribution < 1.29 is 13.2 Å². The zero-order chi connectivity index (χ0) is 10.5. The summed E-state index contributed by atoms with van der Waals surface area (Å²) < 4.78 is 36.5. The Morgan fingerprint density at radius 3 is 2.15 bits per heavy atom. The van der Waals surface area contributed by atoms with Crippen LogP contribution in [0.4, 0.5) is 13.2 Å². The summed E-state index contributed by atoms with van der Waals surface area (Å²) in [6, 6.07) is 0. The zero-order valence-electron chi connectivity index (χ0n) is 7.57. The van der Waals surface area contributed by atoms with Crippen LogP contribution < -0.4 is 5.32 Å². The normalized spacial score (nSPS) is 13.5. The topological polar surface area (TPSA) is 12.0 Å². The van der Waals surface area contributed by atoms with Crippen molar-refractivity contribution >= 4 is 0 Å². The van der Waals surface area contributed by atoms with Gasteiger partial charge in [0.1, 0.15) is 0 Å². The maximum Gasteiger partial charge on any atom is 0.417 e. The molecule has 0 aromatic carbocycles. The summed E-state index contributed by atoms with van der Waals surface area (Å²) in [5.41, 5.74) is -0.149. The zero-order valence-corrected chi connectivity index (χ0v) is 7.57. The minimum absolute atomic E-state index is 0.575. The average Bonchev–Trinajstić information content (AvgIpc) is 1.95. The maximum atomic E-state index is 12.2. The lowest BCUT2D eigenvalue weighted by atomic mass is 10.2. The van der Waals surface area contributed by atoms with Gasteiger partial charge in [0.25, 0.3) is 0 Å². The highest BCUT2D eigenvalue weighted by molar-refractivity contribution is 5.28. The third-order valence-electron chi connectivity index (χ3n) is 1.17. The first-order valence-corrected chi connectivity index (χ1v) is 3.66. The Hall–Kier alpha value is -1.19. The fourth-order valence-electron chi connectivity index (χ4n) is 0.612. The smallest absolute Gasteiger partial charge is 0.393 e. The van der Waals surface area contributed by atoms with E-state index >= 15 is 0 Å². The van der Waals surface area contributed by atoms with Crippen LogP contribution in [0.5, 0.6) is 0 Å². The van der Waals surface area contributed by atoms with Crippen molar-refractivity contribution in [3.05, 3.63) is 36.1 Å². The molecule has 0 saturated heterocycles. The molecule has 0 aliphatic rings. The third-order valence-corrected chi connectivity index (χ3v) is 1.17. The summed E-state index contributed by atoms with van der Waals surface area (Å²) in [7, 11) is 1.42. The molecule has 0 bridgehead atoms. The molecule has 0 aliphatic heterocycles. The first-order chi connectivity index (χ1) is 5.88. The van der Waals surface area contributed by atoms with Crippen LogP contribution in [0.1, 0.15) is 6.92 Å². The molecule has 0 radical (unpaired) electrons. The summed E-state index contributed by atoms with van der Waals surface area (Å²) >= 11 is 0. The molecule has 74 valence electrons. The Balaban J connectivity index is 4.65. The van der Waals surface area contributed by atoms with Crippen LogP contribution in [0.2, 0.25) is 0 Å². The van der Waals surface area contributed by atoms with Crippen molar-refractivity contribution in [2.24, 2.45) is 0 Å². The molecule has 0 rings (SSSR count). The molecule has 0 aromatic heterocycles.